The second kappa shape index (κ2) is 8.12. The van der Waals surface area contributed by atoms with E-state index in [0.29, 0.717) is 33.6 Å². The number of anilines is 1. The highest BCUT2D eigenvalue weighted by molar-refractivity contribution is 6.04. The van der Waals surface area contributed by atoms with Gasteiger partial charge in [-0.25, -0.2) is 13.8 Å². The Morgan fingerprint density at radius 1 is 1.08 bits per heavy atom. The van der Waals surface area contributed by atoms with E-state index in [1.54, 1.807) is 6.20 Å². The molecule has 2 aromatic carbocycles. The Balaban J connectivity index is 1.51. The molecule has 4 heterocycles. The Bertz CT molecular complexity index is 1640. The van der Waals surface area contributed by atoms with E-state index in [1.165, 1.54) is 24.3 Å². The van der Waals surface area contributed by atoms with Gasteiger partial charge in [0.1, 0.15) is 23.1 Å². The highest BCUT2D eigenvalue weighted by Crippen LogP contribution is 2.48. The van der Waals surface area contributed by atoms with E-state index >= 15 is 4.39 Å². The fourth-order valence-corrected chi connectivity index (χ4v) is 6.40. The van der Waals surface area contributed by atoms with Gasteiger partial charge in [0, 0.05) is 58.8 Å². The lowest BCUT2D eigenvalue weighted by Gasteiger charge is -2.35. The largest absolute Gasteiger partial charge is 0.508 e. The SMILES string of the molecule is C#Cc1c(F)ccc2cc(O)cc(-c3ncc4c(N5CC6CCC(C5)N6)nc(C)c(C5CC5)c4c3F)c12. The molecule has 3 aliphatic rings. The highest BCUT2D eigenvalue weighted by Gasteiger charge is 2.36. The van der Waals surface area contributed by atoms with Gasteiger partial charge in [-0.05, 0) is 67.7 Å². The molecule has 4 aromatic rings. The Morgan fingerprint density at radius 3 is 2.54 bits per heavy atom. The summed E-state index contributed by atoms with van der Waals surface area (Å²) in [6, 6.07) is 6.53. The summed E-state index contributed by atoms with van der Waals surface area (Å²) in [6.45, 7) is 3.61. The molecule has 0 radical (unpaired) electrons. The highest BCUT2D eigenvalue weighted by atomic mass is 19.1. The van der Waals surface area contributed by atoms with Crippen LogP contribution in [-0.4, -0.2) is 40.2 Å². The van der Waals surface area contributed by atoms with Crippen LogP contribution in [0.5, 0.6) is 5.75 Å². The first-order valence-corrected chi connectivity index (χ1v) is 12.8. The van der Waals surface area contributed by atoms with Crippen molar-refractivity contribution >= 4 is 27.4 Å². The van der Waals surface area contributed by atoms with Crippen LogP contribution in [0.4, 0.5) is 14.6 Å². The van der Waals surface area contributed by atoms with Gasteiger partial charge in [0.05, 0.1) is 5.56 Å². The normalized spacial score (nSPS) is 21.1. The number of fused-ring (bicyclic) bond motifs is 4. The number of hydrogen-bond acceptors (Lipinski definition) is 5. The molecule has 1 saturated carbocycles. The summed E-state index contributed by atoms with van der Waals surface area (Å²) in [5.41, 5.74) is 2.11. The Kier molecular flexibility index (Phi) is 4.93. The minimum Gasteiger partial charge on any atom is -0.508 e. The first kappa shape index (κ1) is 22.4. The van der Waals surface area contributed by atoms with Gasteiger partial charge in [-0.1, -0.05) is 12.0 Å². The van der Waals surface area contributed by atoms with Gasteiger partial charge < -0.3 is 15.3 Å². The monoisotopic (exact) mass is 496 g/mol. The number of benzene rings is 2. The zero-order valence-corrected chi connectivity index (χ0v) is 20.5. The molecule has 37 heavy (non-hydrogen) atoms. The predicted molar refractivity (Wildman–Crippen MR) is 141 cm³/mol. The van der Waals surface area contributed by atoms with Crippen LogP contribution < -0.4 is 10.2 Å². The second-order valence-electron chi connectivity index (χ2n) is 10.6. The van der Waals surface area contributed by atoms with Crippen LogP contribution in [0.15, 0.2) is 30.5 Å². The van der Waals surface area contributed by atoms with Gasteiger partial charge in [0.2, 0.25) is 0 Å². The van der Waals surface area contributed by atoms with E-state index in [4.69, 9.17) is 11.4 Å². The topological polar surface area (TPSA) is 61.3 Å². The molecule has 2 aliphatic heterocycles. The molecule has 186 valence electrons. The van der Waals surface area contributed by atoms with Gasteiger partial charge in [0.25, 0.3) is 0 Å². The number of piperazine rings is 1. The molecule has 3 fully saturated rings. The number of aryl methyl sites for hydroxylation is 1. The van der Waals surface area contributed by atoms with Gasteiger partial charge >= 0.3 is 0 Å². The molecule has 0 amide bonds. The van der Waals surface area contributed by atoms with Crippen LogP contribution in [0.25, 0.3) is 32.8 Å². The lowest BCUT2D eigenvalue weighted by atomic mass is 9.93. The second-order valence-corrected chi connectivity index (χ2v) is 10.6. The number of hydrogen-bond donors (Lipinski definition) is 2. The lowest BCUT2D eigenvalue weighted by molar-refractivity contribution is 0.464. The molecule has 2 unspecified atom stereocenters. The van der Waals surface area contributed by atoms with Crippen molar-refractivity contribution in [1.29, 1.82) is 0 Å². The van der Waals surface area contributed by atoms with E-state index in [2.05, 4.69) is 21.1 Å². The van der Waals surface area contributed by atoms with Crippen molar-refractivity contribution in [3.63, 3.8) is 0 Å². The fourth-order valence-electron chi connectivity index (χ4n) is 6.40. The maximum absolute atomic E-state index is 16.7. The van der Waals surface area contributed by atoms with E-state index in [-0.39, 0.29) is 28.5 Å². The van der Waals surface area contributed by atoms with Crippen molar-refractivity contribution < 1.29 is 13.9 Å². The number of halogens is 2. The van der Waals surface area contributed by atoms with Gasteiger partial charge in [-0.3, -0.25) is 4.98 Å². The van der Waals surface area contributed by atoms with Gasteiger partial charge in [-0.2, -0.15) is 0 Å². The van der Waals surface area contributed by atoms with Crippen LogP contribution in [-0.2, 0) is 0 Å². The molecule has 2 saturated heterocycles. The molecule has 5 nitrogen and oxygen atoms in total. The van der Waals surface area contributed by atoms with Crippen molar-refractivity contribution in [2.45, 2.75) is 50.6 Å². The van der Waals surface area contributed by atoms with Crippen molar-refractivity contribution in [1.82, 2.24) is 15.3 Å². The first-order chi connectivity index (χ1) is 17.9. The van der Waals surface area contributed by atoms with Crippen LogP contribution in [0.1, 0.15) is 48.4 Å². The summed E-state index contributed by atoms with van der Waals surface area (Å²) in [7, 11) is 0. The molecule has 2 N–H and O–H groups in total. The zero-order chi connectivity index (χ0) is 25.4. The number of aromatic nitrogens is 2. The number of phenolic OH excluding ortho intramolecular Hbond substituents is 1. The molecule has 1 aliphatic carbocycles. The van der Waals surface area contributed by atoms with Crippen molar-refractivity contribution in [3.05, 3.63) is 58.9 Å². The third kappa shape index (κ3) is 3.47. The number of terminal acetylenes is 1. The number of rotatable bonds is 3. The molecular formula is C30H26F2N4O. The molecule has 2 aromatic heterocycles. The Labute approximate surface area is 213 Å². The molecule has 2 bridgehead atoms. The standard InChI is InChI=1S/C30H26F2N4O/c1-3-21-24(31)9-6-17-10-20(37)11-22(26(17)21)29-28(32)27-23(12-33-29)30(34-15(2)25(27)16-4-5-16)36-13-18-7-8-19(14-36)35-18/h1,6,9-12,16,18-19,35,37H,4-5,7-8,13-14H2,2H3. The van der Waals surface area contributed by atoms with Crippen molar-refractivity contribution in [3.8, 4) is 29.4 Å². The third-order valence-corrected chi connectivity index (χ3v) is 8.15. The van der Waals surface area contributed by atoms with E-state index in [0.717, 1.165) is 55.8 Å². The summed E-state index contributed by atoms with van der Waals surface area (Å²) in [4.78, 5) is 11.8. The molecular weight excluding hydrogens is 470 g/mol. The summed E-state index contributed by atoms with van der Waals surface area (Å²) in [6.07, 6.45) is 11.6. The van der Waals surface area contributed by atoms with Crippen LogP contribution in [0, 0.1) is 30.9 Å². The smallest absolute Gasteiger partial charge is 0.157 e. The summed E-state index contributed by atoms with van der Waals surface area (Å²) >= 11 is 0. The maximum Gasteiger partial charge on any atom is 0.157 e. The van der Waals surface area contributed by atoms with Crippen LogP contribution in [0.2, 0.25) is 0 Å². The van der Waals surface area contributed by atoms with E-state index in [1.807, 2.05) is 6.92 Å². The zero-order valence-electron chi connectivity index (χ0n) is 20.5. The summed E-state index contributed by atoms with van der Waals surface area (Å²) < 4.78 is 31.4. The van der Waals surface area contributed by atoms with Gasteiger partial charge in [0.15, 0.2) is 5.82 Å². The predicted octanol–water partition coefficient (Wildman–Crippen LogP) is 5.54. The van der Waals surface area contributed by atoms with E-state index < -0.39 is 11.6 Å². The molecule has 7 heteroatoms. The summed E-state index contributed by atoms with van der Waals surface area (Å²) in [5, 5.41) is 16.2. The maximum atomic E-state index is 16.7. The Morgan fingerprint density at radius 2 is 1.84 bits per heavy atom. The quantitative estimate of drug-likeness (QED) is 0.365. The first-order valence-electron chi connectivity index (χ1n) is 12.8. The molecule has 7 rings (SSSR count). The van der Waals surface area contributed by atoms with E-state index in [9.17, 15) is 9.50 Å². The molecule has 2 atom stereocenters. The lowest BCUT2D eigenvalue weighted by Crippen LogP contribution is -2.51. The average molecular weight is 497 g/mol. The molecule has 0 spiro atoms. The number of phenols is 1. The fraction of sp³-hybridized carbons (Fsp3) is 0.333. The minimum atomic E-state index is -0.572. The van der Waals surface area contributed by atoms with Crippen molar-refractivity contribution in [2.24, 2.45) is 0 Å². The van der Waals surface area contributed by atoms with Crippen LogP contribution >= 0.6 is 0 Å². The minimum absolute atomic E-state index is 0.0269. The van der Waals surface area contributed by atoms with Crippen LogP contribution in [0.3, 0.4) is 0 Å². The third-order valence-electron chi connectivity index (χ3n) is 8.15. The number of nitrogens with one attached hydrogen (secondary N) is 1. The summed E-state index contributed by atoms with van der Waals surface area (Å²) in [5.74, 6) is 2.31. The number of pyridine rings is 2. The average Bonchev–Trinajstić information content (AvgIpc) is 3.66. The number of nitrogens with zero attached hydrogens (tertiary/aromatic N) is 3. The Hall–Kier alpha value is -3.76. The van der Waals surface area contributed by atoms with Gasteiger partial charge in [-0.15, -0.1) is 6.42 Å². The van der Waals surface area contributed by atoms with Crippen molar-refractivity contribution in [2.75, 3.05) is 18.0 Å². The number of aromatic hydroxyl groups is 1.